The van der Waals surface area contributed by atoms with Crippen LogP contribution in [0.15, 0.2) is 30.7 Å². The third-order valence-electron chi connectivity index (χ3n) is 12.2. The highest BCUT2D eigenvalue weighted by atomic mass is 19.1. The number of likely N-dealkylation sites (tertiary alicyclic amines) is 2. The largest absolute Gasteiger partial charge is 0.434 e. The summed E-state index contributed by atoms with van der Waals surface area (Å²) in [7, 11) is 0. The van der Waals surface area contributed by atoms with Gasteiger partial charge in [-0.2, -0.15) is 5.26 Å². The number of hydrogen-bond acceptors (Lipinski definition) is 11. The summed E-state index contributed by atoms with van der Waals surface area (Å²) in [5.41, 5.74) is 2.17. The van der Waals surface area contributed by atoms with Crippen molar-refractivity contribution in [1.82, 2.24) is 34.9 Å². The van der Waals surface area contributed by atoms with Crippen LogP contribution in [0.4, 0.5) is 10.2 Å². The van der Waals surface area contributed by atoms with Gasteiger partial charge in [0.25, 0.3) is 5.88 Å². The maximum absolute atomic E-state index is 14.7. The third-order valence-corrected chi connectivity index (χ3v) is 12.2. The summed E-state index contributed by atoms with van der Waals surface area (Å²) in [4.78, 5) is 21.2. The summed E-state index contributed by atoms with van der Waals surface area (Å²) in [6.07, 6.45) is 8.77. The van der Waals surface area contributed by atoms with Gasteiger partial charge in [0.1, 0.15) is 24.0 Å². The lowest BCUT2D eigenvalue weighted by Gasteiger charge is -2.57. The minimum atomic E-state index is -0.396. The Bertz CT molecular complexity index is 1750. The molecular weight excluding hydrogens is 621 g/mol. The fraction of sp³-hybridized carbons (Fsp3) is 0.622. The minimum absolute atomic E-state index is 0.110. The van der Waals surface area contributed by atoms with E-state index in [0.717, 1.165) is 88.1 Å². The molecule has 0 bridgehead atoms. The van der Waals surface area contributed by atoms with Crippen LogP contribution >= 0.6 is 0 Å². The van der Waals surface area contributed by atoms with Crippen LogP contribution in [0.2, 0.25) is 0 Å². The van der Waals surface area contributed by atoms with Gasteiger partial charge in [-0.05, 0) is 62.1 Å². The number of anilines is 1. The van der Waals surface area contributed by atoms with Gasteiger partial charge < -0.3 is 14.4 Å². The summed E-state index contributed by atoms with van der Waals surface area (Å²) >= 11 is 0. The monoisotopic (exact) mass is 665 g/mol. The molecular formula is C37H44FN9O2. The van der Waals surface area contributed by atoms with Crippen LogP contribution in [-0.4, -0.2) is 99.5 Å². The molecule has 2 saturated carbocycles. The van der Waals surface area contributed by atoms with E-state index in [9.17, 15) is 9.65 Å². The molecule has 0 radical (unpaired) electrons. The molecule has 1 aromatic carbocycles. The molecule has 4 saturated heterocycles. The van der Waals surface area contributed by atoms with E-state index in [2.05, 4.69) is 53.7 Å². The molecule has 6 fully saturated rings. The van der Waals surface area contributed by atoms with Crippen molar-refractivity contribution in [3.05, 3.63) is 48.1 Å². The highest BCUT2D eigenvalue weighted by Crippen LogP contribution is 2.49. The topological polar surface area (TPSA) is 116 Å². The van der Waals surface area contributed by atoms with Crippen LogP contribution in [0.5, 0.6) is 11.6 Å². The Morgan fingerprint density at radius 1 is 1.06 bits per heavy atom. The Morgan fingerprint density at radius 3 is 2.59 bits per heavy atom. The van der Waals surface area contributed by atoms with Crippen LogP contribution in [0.25, 0.3) is 11.1 Å². The van der Waals surface area contributed by atoms with E-state index in [1.165, 1.54) is 44.4 Å². The van der Waals surface area contributed by atoms with Crippen LogP contribution in [0.3, 0.4) is 0 Å². The first kappa shape index (κ1) is 31.2. The second-order valence-electron chi connectivity index (χ2n) is 15.9. The fourth-order valence-electron chi connectivity index (χ4n) is 9.66. The SMILES string of the molecule is CC(C)[C@H](C1CC(N2C[C@H]3COC[C@H]3C2)C1)N1CC2(CCN(c3ncnnc3Oc3ccc(F)cc3-c3cnc(C#N)nc3C3CC3)C2)C1. The Hall–Kier alpha value is -3.79. The average Bonchev–Trinajstić information content (AvgIpc) is 3.45. The number of benzene rings is 1. The molecule has 3 atom stereocenters. The smallest absolute Gasteiger partial charge is 0.282 e. The van der Waals surface area contributed by atoms with E-state index in [1.807, 2.05) is 6.07 Å². The van der Waals surface area contributed by atoms with E-state index in [4.69, 9.17) is 9.47 Å². The second-order valence-corrected chi connectivity index (χ2v) is 15.9. The number of aromatic nitrogens is 5. The highest BCUT2D eigenvalue weighted by molar-refractivity contribution is 5.73. The zero-order valence-electron chi connectivity index (χ0n) is 28.3. The molecule has 49 heavy (non-hydrogen) atoms. The standard InChI is InChI=1S/C37H44FN9O2/c1-22(2)34(24-9-28(10-24)46-14-25-16-48-17-26(25)15-46)47-19-37(20-47)7-8-45(18-37)35-36(44-42-21-41-35)49-31-6-5-27(38)11-29(31)30-13-40-32(12-39)43-33(30)23-3-4-23/h5-6,11,13,21-26,28,34H,3-4,7-10,14-20H2,1-2H3/t24?,25-,26+,28?,34-/m1/s1. The number of ether oxygens (including phenoxy) is 2. The molecule has 6 heterocycles. The zero-order valence-corrected chi connectivity index (χ0v) is 28.3. The summed E-state index contributed by atoms with van der Waals surface area (Å²) in [5, 5.41) is 17.8. The second kappa shape index (κ2) is 12.2. The van der Waals surface area contributed by atoms with E-state index in [0.29, 0.717) is 40.5 Å². The van der Waals surface area contributed by atoms with Crippen molar-refractivity contribution in [3.63, 3.8) is 0 Å². The number of nitriles is 1. The zero-order chi connectivity index (χ0) is 33.3. The van der Waals surface area contributed by atoms with Crippen LogP contribution in [0.1, 0.15) is 63.4 Å². The number of fused-ring (bicyclic) bond motifs is 1. The molecule has 2 aromatic heterocycles. The normalized spacial score (nSPS) is 28.3. The van der Waals surface area contributed by atoms with Crippen molar-refractivity contribution < 1.29 is 13.9 Å². The Morgan fingerprint density at radius 2 is 1.86 bits per heavy atom. The molecule has 6 aliphatic rings. The van der Waals surface area contributed by atoms with Gasteiger partial charge in [0, 0.05) is 91.8 Å². The van der Waals surface area contributed by atoms with E-state index in [1.54, 1.807) is 12.3 Å². The first-order chi connectivity index (χ1) is 23.9. The van der Waals surface area contributed by atoms with Crippen LogP contribution in [0, 0.1) is 46.2 Å². The molecule has 0 amide bonds. The van der Waals surface area contributed by atoms with Gasteiger partial charge in [0.05, 0.1) is 18.9 Å². The van der Waals surface area contributed by atoms with Gasteiger partial charge in [0.15, 0.2) is 5.82 Å². The summed E-state index contributed by atoms with van der Waals surface area (Å²) in [6.45, 7) is 13.2. The van der Waals surface area contributed by atoms with Crippen molar-refractivity contribution in [2.75, 3.05) is 57.4 Å². The van der Waals surface area contributed by atoms with Crippen LogP contribution < -0.4 is 9.64 Å². The lowest BCUT2D eigenvalue weighted by atomic mass is 9.68. The van der Waals surface area contributed by atoms with E-state index in [-0.39, 0.29) is 17.2 Å². The number of nitrogens with zero attached hydrogens (tertiary/aromatic N) is 9. The van der Waals surface area contributed by atoms with Gasteiger partial charge in [-0.3, -0.25) is 9.80 Å². The van der Waals surface area contributed by atoms with Gasteiger partial charge >= 0.3 is 0 Å². The van der Waals surface area contributed by atoms with E-state index < -0.39 is 5.82 Å². The van der Waals surface area contributed by atoms with Crippen molar-refractivity contribution >= 4 is 5.82 Å². The van der Waals surface area contributed by atoms with Gasteiger partial charge in [-0.25, -0.2) is 19.3 Å². The van der Waals surface area contributed by atoms with Crippen molar-refractivity contribution in [3.8, 4) is 28.8 Å². The Labute approximate surface area is 286 Å². The third kappa shape index (κ3) is 5.73. The first-order valence-electron chi connectivity index (χ1n) is 18.1. The summed E-state index contributed by atoms with van der Waals surface area (Å²) in [6, 6.07) is 7.82. The molecule has 0 N–H and O–H groups in total. The van der Waals surface area contributed by atoms with Gasteiger partial charge in [-0.1, -0.05) is 13.8 Å². The maximum Gasteiger partial charge on any atom is 0.282 e. The van der Waals surface area contributed by atoms with Crippen molar-refractivity contribution in [2.45, 2.75) is 64.0 Å². The molecule has 256 valence electrons. The first-order valence-corrected chi connectivity index (χ1v) is 18.1. The minimum Gasteiger partial charge on any atom is -0.434 e. The Kier molecular flexibility index (Phi) is 7.78. The predicted octanol–water partition coefficient (Wildman–Crippen LogP) is 4.90. The quantitative estimate of drug-likeness (QED) is 0.311. The van der Waals surface area contributed by atoms with Crippen molar-refractivity contribution in [1.29, 1.82) is 5.26 Å². The molecule has 0 unspecified atom stereocenters. The molecule has 11 nitrogen and oxygen atoms in total. The average molecular weight is 666 g/mol. The predicted molar refractivity (Wildman–Crippen MR) is 179 cm³/mol. The molecule has 4 aliphatic heterocycles. The summed E-state index contributed by atoms with van der Waals surface area (Å²) < 4.78 is 26.8. The summed E-state index contributed by atoms with van der Waals surface area (Å²) in [5.74, 6) is 4.22. The fourth-order valence-corrected chi connectivity index (χ4v) is 9.66. The van der Waals surface area contributed by atoms with Crippen LogP contribution in [-0.2, 0) is 4.74 Å². The highest BCUT2D eigenvalue weighted by Gasteiger charge is 2.54. The Balaban J connectivity index is 0.879. The number of rotatable bonds is 9. The molecule has 9 rings (SSSR count). The van der Waals surface area contributed by atoms with Gasteiger partial charge in [-0.15, -0.1) is 10.2 Å². The lowest BCUT2D eigenvalue weighted by molar-refractivity contribution is -0.0792. The molecule has 2 aliphatic carbocycles. The number of hydrogen-bond donors (Lipinski definition) is 0. The molecule has 1 spiro atoms. The van der Waals surface area contributed by atoms with Crippen molar-refractivity contribution in [2.24, 2.45) is 29.1 Å². The number of halogens is 1. The van der Waals surface area contributed by atoms with E-state index >= 15 is 0 Å². The molecule has 12 heteroatoms. The molecule has 3 aromatic rings. The lowest BCUT2D eigenvalue weighted by Crippen LogP contribution is -2.65. The maximum atomic E-state index is 14.7. The van der Waals surface area contributed by atoms with Gasteiger partial charge in [0.2, 0.25) is 5.82 Å².